The second-order valence-electron chi connectivity index (χ2n) is 7.40. The number of anilines is 2. The zero-order valence-electron chi connectivity index (χ0n) is 18.2. The molecular weight excluding hydrogens is 459 g/mol. The first-order valence-electron chi connectivity index (χ1n) is 9.64. The number of hydrogen-bond donors (Lipinski definition) is 2. The van der Waals surface area contributed by atoms with Crippen LogP contribution in [-0.4, -0.2) is 32.3 Å². The number of aromatic nitrogens is 1. The van der Waals surface area contributed by atoms with Crippen LogP contribution in [0, 0.1) is 13.8 Å². The number of benzene rings is 2. The van der Waals surface area contributed by atoms with Crippen LogP contribution in [0.1, 0.15) is 27.3 Å². The quantitative estimate of drug-likeness (QED) is 0.532. The van der Waals surface area contributed by atoms with Crippen molar-refractivity contribution >= 4 is 27.3 Å². The van der Waals surface area contributed by atoms with Gasteiger partial charge in [-0.1, -0.05) is 0 Å². The lowest BCUT2D eigenvalue weighted by atomic mass is 10.1. The molecule has 3 rings (SSSR count). The Morgan fingerprint density at radius 3 is 2.18 bits per heavy atom. The van der Waals surface area contributed by atoms with Gasteiger partial charge in [-0.05, 0) is 62.4 Å². The van der Waals surface area contributed by atoms with E-state index in [0.29, 0.717) is 17.5 Å². The summed E-state index contributed by atoms with van der Waals surface area (Å²) < 4.78 is 72.0. The zero-order chi connectivity index (χ0) is 24.6. The van der Waals surface area contributed by atoms with Gasteiger partial charge in [0.05, 0.1) is 35.9 Å². The lowest BCUT2D eigenvalue weighted by molar-refractivity contribution is -0.137. The Hall–Kier alpha value is -3.47. The number of alkyl halides is 3. The molecule has 33 heavy (non-hydrogen) atoms. The largest absolute Gasteiger partial charge is 0.497 e. The average molecular weight is 481 g/mol. The Morgan fingerprint density at radius 2 is 1.64 bits per heavy atom. The number of carbonyl (C=O) groups is 1. The Balaban J connectivity index is 2.00. The maximum absolute atomic E-state index is 13.2. The molecule has 0 spiro atoms. The molecule has 0 radical (unpaired) electrons. The number of amides is 1. The standard InChI is InChI=1S/C22H22F3N3O4S/c1-13-11-18(14(2)28(13)16-6-8-17(32-3)9-7-16)21(29)26-20-12-15(22(23,24)25)5-10-19(20)27-33(4,30)31/h5-12,27H,1-4H3,(H,26,29). The molecule has 176 valence electrons. The molecule has 3 aromatic rings. The molecule has 2 N–H and O–H groups in total. The topological polar surface area (TPSA) is 89.4 Å². The van der Waals surface area contributed by atoms with Gasteiger partial charge in [0.25, 0.3) is 5.91 Å². The highest BCUT2D eigenvalue weighted by Gasteiger charge is 2.31. The predicted octanol–water partition coefficient (Wildman–Crippen LogP) is 4.75. The van der Waals surface area contributed by atoms with Crippen LogP contribution in [-0.2, 0) is 16.2 Å². The number of halogens is 3. The summed E-state index contributed by atoms with van der Waals surface area (Å²) in [4.78, 5) is 13.0. The molecule has 0 unspecified atom stereocenters. The van der Waals surface area contributed by atoms with Gasteiger partial charge in [0.15, 0.2) is 0 Å². The van der Waals surface area contributed by atoms with E-state index in [1.807, 2.05) is 4.57 Å². The molecule has 1 aromatic heterocycles. The van der Waals surface area contributed by atoms with Gasteiger partial charge in [0.2, 0.25) is 10.0 Å². The van der Waals surface area contributed by atoms with Crippen molar-refractivity contribution in [1.29, 1.82) is 0 Å². The summed E-state index contributed by atoms with van der Waals surface area (Å²) in [6.45, 7) is 3.49. The number of carbonyl (C=O) groups excluding carboxylic acids is 1. The van der Waals surface area contributed by atoms with Crippen LogP contribution >= 0.6 is 0 Å². The van der Waals surface area contributed by atoms with Crippen molar-refractivity contribution in [2.45, 2.75) is 20.0 Å². The van der Waals surface area contributed by atoms with E-state index < -0.39 is 27.7 Å². The highest BCUT2D eigenvalue weighted by atomic mass is 32.2. The first kappa shape index (κ1) is 24.2. The number of rotatable bonds is 6. The van der Waals surface area contributed by atoms with Crippen molar-refractivity contribution in [2.75, 3.05) is 23.4 Å². The van der Waals surface area contributed by atoms with Crippen LogP contribution in [0.15, 0.2) is 48.5 Å². The van der Waals surface area contributed by atoms with Crippen LogP contribution in [0.5, 0.6) is 5.75 Å². The predicted molar refractivity (Wildman–Crippen MR) is 120 cm³/mol. The van der Waals surface area contributed by atoms with E-state index >= 15 is 0 Å². The highest BCUT2D eigenvalue weighted by Crippen LogP contribution is 2.35. The second-order valence-corrected chi connectivity index (χ2v) is 9.15. The van der Waals surface area contributed by atoms with Crippen molar-refractivity contribution < 1.29 is 31.1 Å². The van der Waals surface area contributed by atoms with Gasteiger partial charge in [-0.2, -0.15) is 13.2 Å². The normalized spacial score (nSPS) is 11.8. The number of ether oxygens (including phenoxy) is 1. The zero-order valence-corrected chi connectivity index (χ0v) is 19.1. The van der Waals surface area contributed by atoms with Crippen molar-refractivity contribution in [1.82, 2.24) is 4.57 Å². The van der Waals surface area contributed by atoms with Gasteiger partial charge < -0.3 is 14.6 Å². The van der Waals surface area contributed by atoms with Crippen LogP contribution in [0.2, 0.25) is 0 Å². The van der Waals surface area contributed by atoms with Gasteiger partial charge in [-0.15, -0.1) is 0 Å². The third-order valence-electron chi connectivity index (χ3n) is 4.90. The summed E-state index contributed by atoms with van der Waals surface area (Å²) in [5.41, 5.74) is 0.758. The fourth-order valence-corrected chi connectivity index (χ4v) is 4.00. The molecule has 1 heterocycles. The molecule has 7 nitrogen and oxygen atoms in total. The monoisotopic (exact) mass is 481 g/mol. The molecule has 0 saturated heterocycles. The summed E-state index contributed by atoms with van der Waals surface area (Å²) in [6.07, 6.45) is -3.81. The second kappa shape index (κ2) is 8.81. The van der Waals surface area contributed by atoms with E-state index in [1.54, 1.807) is 51.3 Å². The van der Waals surface area contributed by atoms with Gasteiger partial charge >= 0.3 is 6.18 Å². The maximum atomic E-state index is 13.2. The van der Waals surface area contributed by atoms with Gasteiger partial charge in [0.1, 0.15) is 5.75 Å². The fraction of sp³-hybridized carbons (Fsp3) is 0.227. The molecule has 1 amide bonds. The van der Waals surface area contributed by atoms with Crippen LogP contribution in [0.25, 0.3) is 5.69 Å². The minimum Gasteiger partial charge on any atom is -0.497 e. The summed E-state index contributed by atoms with van der Waals surface area (Å²) in [5, 5.41) is 2.41. The molecule has 0 aliphatic carbocycles. The molecule has 0 atom stereocenters. The Bertz CT molecular complexity index is 1300. The number of nitrogens with zero attached hydrogens (tertiary/aromatic N) is 1. The summed E-state index contributed by atoms with van der Waals surface area (Å²) in [7, 11) is -2.25. The van der Waals surface area contributed by atoms with E-state index in [0.717, 1.165) is 29.8 Å². The van der Waals surface area contributed by atoms with Gasteiger partial charge in [-0.25, -0.2) is 8.42 Å². The fourth-order valence-electron chi connectivity index (χ4n) is 3.42. The first-order valence-corrected chi connectivity index (χ1v) is 11.5. The molecule has 0 fully saturated rings. The van der Waals surface area contributed by atoms with Crippen LogP contribution in [0.3, 0.4) is 0 Å². The van der Waals surface area contributed by atoms with Crippen LogP contribution < -0.4 is 14.8 Å². The van der Waals surface area contributed by atoms with Crippen molar-refractivity contribution in [2.24, 2.45) is 0 Å². The third-order valence-corrected chi connectivity index (χ3v) is 5.49. The molecule has 11 heteroatoms. The Morgan fingerprint density at radius 1 is 1.00 bits per heavy atom. The molecule has 0 bridgehead atoms. The molecule has 0 aliphatic rings. The summed E-state index contributed by atoms with van der Waals surface area (Å²) >= 11 is 0. The number of aryl methyl sites for hydroxylation is 1. The lowest BCUT2D eigenvalue weighted by Crippen LogP contribution is -2.18. The third kappa shape index (κ3) is 5.48. The van der Waals surface area contributed by atoms with E-state index in [1.165, 1.54) is 0 Å². The van der Waals surface area contributed by atoms with Crippen molar-refractivity contribution in [3.05, 3.63) is 71.0 Å². The van der Waals surface area contributed by atoms with Gasteiger partial charge in [-0.3, -0.25) is 9.52 Å². The minimum atomic E-state index is -4.67. The Kier molecular flexibility index (Phi) is 6.46. The summed E-state index contributed by atoms with van der Waals surface area (Å²) in [5.74, 6) is -0.0200. The van der Waals surface area contributed by atoms with E-state index in [9.17, 15) is 26.4 Å². The Labute approximate surface area is 189 Å². The first-order chi connectivity index (χ1) is 15.3. The maximum Gasteiger partial charge on any atom is 0.416 e. The lowest BCUT2D eigenvalue weighted by Gasteiger charge is -2.15. The van der Waals surface area contributed by atoms with Crippen molar-refractivity contribution in [3.63, 3.8) is 0 Å². The van der Waals surface area contributed by atoms with Gasteiger partial charge in [0, 0.05) is 17.1 Å². The SMILES string of the molecule is COc1ccc(-n2c(C)cc(C(=O)Nc3cc(C(F)(F)F)ccc3NS(C)(=O)=O)c2C)cc1. The van der Waals surface area contributed by atoms with Crippen molar-refractivity contribution in [3.8, 4) is 11.4 Å². The van der Waals surface area contributed by atoms with E-state index in [-0.39, 0.29) is 16.9 Å². The minimum absolute atomic E-state index is 0.178. The molecular formula is C22H22F3N3O4S. The summed E-state index contributed by atoms with van der Waals surface area (Å²) in [6, 6.07) is 11.1. The smallest absolute Gasteiger partial charge is 0.416 e. The number of nitrogens with one attached hydrogen (secondary N) is 2. The van der Waals surface area contributed by atoms with E-state index in [2.05, 4.69) is 10.0 Å². The van der Waals surface area contributed by atoms with Crippen LogP contribution in [0.4, 0.5) is 24.5 Å². The molecule has 0 aliphatic heterocycles. The van der Waals surface area contributed by atoms with E-state index in [4.69, 9.17) is 4.74 Å². The number of sulfonamides is 1. The molecule has 0 saturated carbocycles. The average Bonchev–Trinajstić information content (AvgIpc) is 3.01. The highest BCUT2D eigenvalue weighted by molar-refractivity contribution is 7.92. The molecule has 2 aromatic carbocycles. The number of hydrogen-bond acceptors (Lipinski definition) is 4. The number of methoxy groups -OCH3 is 1.